The molecule has 0 radical (unpaired) electrons. The molecule has 0 bridgehead atoms. The first-order valence-electron chi connectivity index (χ1n) is 7.89. The third kappa shape index (κ3) is 3.08. The number of rotatable bonds is 3. The minimum atomic E-state index is -0.286. The summed E-state index contributed by atoms with van der Waals surface area (Å²) in [7, 11) is 0. The second-order valence-electron chi connectivity index (χ2n) is 5.75. The summed E-state index contributed by atoms with van der Waals surface area (Å²) < 4.78 is 5.72. The predicted molar refractivity (Wildman–Crippen MR) is 97.2 cm³/mol. The Hall–Kier alpha value is -3.80. The van der Waals surface area contributed by atoms with Gasteiger partial charge in [-0.1, -0.05) is 0 Å². The van der Waals surface area contributed by atoms with Crippen molar-refractivity contribution in [2.45, 2.75) is 0 Å². The van der Waals surface area contributed by atoms with Gasteiger partial charge in [-0.15, -0.1) is 0 Å². The number of aromatic nitrogens is 1. The highest BCUT2D eigenvalue weighted by atomic mass is 16.3. The van der Waals surface area contributed by atoms with Gasteiger partial charge in [-0.05, 0) is 66.7 Å². The van der Waals surface area contributed by atoms with Gasteiger partial charge in [0.25, 0.3) is 5.91 Å². The quantitative estimate of drug-likeness (QED) is 0.518. The van der Waals surface area contributed by atoms with E-state index in [9.17, 15) is 15.0 Å². The van der Waals surface area contributed by atoms with Crippen LogP contribution < -0.4 is 5.32 Å². The van der Waals surface area contributed by atoms with Gasteiger partial charge in [-0.2, -0.15) is 0 Å². The van der Waals surface area contributed by atoms with Crippen LogP contribution in [-0.2, 0) is 0 Å². The topological polar surface area (TPSA) is 95.6 Å². The van der Waals surface area contributed by atoms with Crippen molar-refractivity contribution in [3.8, 4) is 23.0 Å². The number of amides is 1. The highest BCUT2D eigenvalue weighted by Crippen LogP contribution is 2.27. The number of carbonyl (C=O) groups excluding carboxylic acids is 1. The van der Waals surface area contributed by atoms with E-state index in [-0.39, 0.29) is 17.4 Å². The Balaban J connectivity index is 1.60. The number of fused-ring (bicyclic) bond motifs is 1. The number of benzene rings is 3. The maximum absolute atomic E-state index is 12.3. The van der Waals surface area contributed by atoms with Crippen molar-refractivity contribution in [1.82, 2.24) is 4.98 Å². The number of hydrogen-bond donors (Lipinski definition) is 3. The first-order chi connectivity index (χ1) is 12.6. The molecule has 0 aliphatic heterocycles. The second-order valence-corrected chi connectivity index (χ2v) is 5.75. The van der Waals surface area contributed by atoms with Crippen molar-refractivity contribution in [1.29, 1.82) is 0 Å². The summed E-state index contributed by atoms with van der Waals surface area (Å²) in [5, 5.41) is 21.5. The predicted octanol–water partition coefficient (Wildman–Crippen LogP) is 4.16. The molecule has 0 saturated carbocycles. The van der Waals surface area contributed by atoms with Crippen molar-refractivity contribution in [2.24, 2.45) is 0 Å². The van der Waals surface area contributed by atoms with Crippen molar-refractivity contribution < 1.29 is 19.4 Å². The van der Waals surface area contributed by atoms with Crippen LogP contribution in [0.15, 0.2) is 71.1 Å². The largest absolute Gasteiger partial charge is 0.508 e. The summed E-state index contributed by atoms with van der Waals surface area (Å²) in [5.41, 5.74) is 2.97. The summed E-state index contributed by atoms with van der Waals surface area (Å²) in [4.78, 5) is 16.7. The molecule has 0 aliphatic rings. The molecule has 0 aliphatic carbocycles. The molecule has 0 fully saturated rings. The minimum Gasteiger partial charge on any atom is -0.508 e. The second kappa shape index (κ2) is 6.25. The maximum Gasteiger partial charge on any atom is 0.255 e. The molecule has 128 valence electrons. The third-order valence-corrected chi connectivity index (χ3v) is 3.89. The molecule has 6 nitrogen and oxygen atoms in total. The SMILES string of the molecule is O=C(Nc1ccc2oc(-c3ccc(O)cc3)nc2c1)c1ccc(O)cc1. The molecule has 3 aromatic carbocycles. The van der Waals surface area contributed by atoms with Crippen LogP contribution >= 0.6 is 0 Å². The lowest BCUT2D eigenvalue weighted by Gasteiger charge is -2.05. The normalized spacial score (nSPS) is 10.8. The van der Waals surface area contributed by atoms with Gasteiger partial charge in [0.15, 0.2) is 5.58 Å². The van der Waals surface area contributed by atoms with E-state index >= 15 is 0 Å². The Morgan fingerprint density at radius 2 is 1.54 bits per heavy atom. The van der Waals surface area contributed by atoms with E-state index in [0.29, 0.717) is 28.2 Å². The van der Waals surface area contributed by atoms with Gasteiger partial charge in [0.2, 0.25) is 5.89 Å². The average Bonchev–Trinajstić information content (AvgIpc) is 3.06. The molecule has 0 unspecified atom stereocenters. The molecule has 3 N–H and O–H groups in total. The maximum atomic E-state index is 12.3. The molecule has 0 saturated heterocycles. The summed E-state index contributed by atoms with van der Waals surface area (Å²) in [5.74, 6) is 0.421. The zero-order valence-corrected chi connectivity index (χ0v) is 13.5. The lowest BCUT2D eigenvalue weighted by Crippen LogP contribution is -2.11. The van der Waals surface area contributed by atoms with Crippen LogP contribution in [-0.4, -0.2) is 21.1 Å². The Bertz CT molecular complexity index is 1080. The summed E-state index contributed by atoms with van der Waals surface area (Å²) in [6, 6.07) is 17.7. The minimum absolute atomic E-state index is 0.104. The fraction of sp³-hybridized carbons (Fsp3) is 0. The van der Waals surface area contributed by atoms with Gasteiger partial charge in [0, 0.05) is 16.8 Å². The van der Waals surface area contributed by atoms with Crippen molar-refractivity contribution in [2.75, 3.05) is 5.32 Å². The monoisotopic (exact) mass is 346 g/mol. The molecular formula is C20H14N2O4. The average molecular weight is 346 g/mol. The Kier molecular flexibility index (Phi) is 3.78. The molecule has 6 heteroatoms. The van der Waals surface area contributed by atoms with Crippen molar-refractivity contribution in [3.63, 3.8) is 0 Å². The van der Waals surface area contributed by atoms with Crippen LogP contribution in [0.1, 0.15) is 10.4 Å². The zero-order chi connectivity index (χ0) is 18.1. The number of phenols is 2. The van der Waals surface area contributed by atoms with E-state index in [0.717, 1.165) is 5.56 Å². The van der Waals surface area contributed by atoms with Crippen LogP contribution in [0.5, 0.6) is 11.5 Å². The lowest BCUT2D eigenvalue weighted by molar-refractivity contribution is 0.102. The number of hydrogen-bond acceptors (Lipinski definition) is 5. The number of carbonyl (C=O) groups is 1. The van der Waals surface area contributed by atoms with E-state index in [4.69, 9.17) is 4.42 Å². The molecule has 1 heterocycles. The molecule has 26 heavy (non-hydrogen) atoms. The van der Waals surface area contributed by atoms with E-state index in [2.05, 4.69) is 10.3 Å². The van der Waals surface area contributed by atoms with Crippen LogP contribution in [0, 0.1) is 0 Å². The molecule has 1 aromatic heterocycles. The first-order valence-corrected chi connectivity index (χ1v) is 7.89. The molecule has 4 aromatic rings. The number of phenolic OH excluding ortho intramolecular Hbond substituents is 2. The molecule has 0 spiro atoms. The van der Waals surface area contributed by atoms with Gasteiger partial charge in [-0.3, -0.25) is 4.79 Å². The van der Waals surface area contributed by atoms with Gasteiger partial charge in [-0.25, -0.2) is 4.98 Å². The standard InChI is InChI=1S/C20H14N2O4/c23-15-6-1-12(2-7-15)19(25)21-14-5-10-18-17(11-14)22-20(26-18)13-3-8-16(24)9-4-13/h1-11,23-24H,(H,21,25). The highest BCUT2D eigenvalue weighted by Gasteiger charge is 2.11. The number of anilines is 1. The summed E-state index contributed by atoms with van der Waals surface area (Å²) in [6.07, 6.45) is 0. The third-order valence-electron chi connectivity index (χ3n) is 3.89. The van der Waals surface area contributed by atoms with E-state index < -0.39 is 0 Å². The van der Waals surface area contributed by atoms with Gasteiger partial charge in [0.05, 0.1) is 0 Å². The Morgan fingerprint density at radius 1 is 0.885 bits per heavy atom. The van der Waals surface area contributed by atoms with Crippen LogP contribution in [0.4, 0.5) is 5.69 Å². The molecular weight excluding hydrogens is 332 g/mol. The van der Waals surface area contributed by atoms with E-state index in [1.165, 1.54) is 12.1 Å². The number of aromatic hydroxyl groups is 2. The van der Waals surface area contributed by atoms with Crippen LogP contribution in [0.2, 0.25) is 0 Å². The Labute approximate surface area is 148 Å². The van der Waals surface area contributed by atoms with E-state index in [1.54, 1.807) is 54.6 Å². The van der Waals surface area contributed by atoms with Gasteiger partial charge < -0.3 is 19.9 Å². The van der Waals surface area contributed by atoms with Crippen LogP contribution in [0.3, 0.4) is 0 Å². The van der Waals surface area contributed by atoms with Gasteiger partial charge >= 0.3 is 0 Å². The zero-order valence-electron chi connectivity index (χ0n) is 13.5. The van der Waals surface area contributed by atoms with E-state index in [1.807, 2.05) is 0 Å². The molecule has 1 amide bonds. The van der Waals surface area contributed by atoms with Gasteiger partial charge in [0.1, 0.15) is 17.0 Å². The fourth-order valence-electron chi connectivity index (χ4n) is 2.55. The van der Waals surface area contributed by atoms with Crippen LogP contribution in [0.25, 0.3) is 22.6 Å². The lowest BCUT2D eigenvalue weighted by atomic mass is 10.2. The summed E-state index contributed by atoms with van der Waals surface area (Å²) >= 11 is 0. The van der Waals surface area contributed by atoms with Crippen molar-refractivity contribution >= 4 is 22.7 Å². The fourth-order valence-corrected chi connectivity index (χ4v) is 2.55. The summed E-state index contributed by atoms with van der Waals surface area (Å²) in [6.45, 7) is 0. The smallest absolute Gasteiger partial charge is 0.255 e. The van der Waals surface area contributed by atoms with Crippen molar-refractivity contribution in [3.05, 3.63) is 72.3 Å². The highest BCUT2D eigenvalue weighted by molar-refractivity contribution is 6.05. The number of nitrogens with one attached hydrogen (secondary N) is 1. The number of nitrogens with zero attached hydrogens (tertiary/aromatic N) is 1. The Morgan fingerprint density at radius 3 is 2.23 bits per heavy atom. The first kappa shape index (κ1) is 15.7. The molecule has 0 atom stereocenters. The molecule has 4 rings (SSSR count). The number of oxazole rings is 1.